The molecule has 0 unspecified atom stereocenters. The second-order valence-electron chi connectivity index (χ2n) is 9.09. The van der Waals surface area contributed by atoms with E-state index in [1.165, 1.54) is 28.0 Å². The van der Waals surface area contributed by atoms with Gasteiger partial charge in [0, 0.05) is 30.4 Å². The fourth-order valence-electron chi connectivity index (χ4n) is 4.91. The van der Waals surface area contributed by atoms with Crippen LogP contribution in [0.4, 0.5) is 28.9 Å². The Labute approximate surface area is 205 Å². The summed E-state index contributed by atoms with van der Waals surface area (Å²) in [6.07, 6.45) is 0.320. The van der Waals surface area contributed by atoms with Crippen molar-refractivity contribution in [2.75, 3.05) is 22.9 Å². The monoisotopic (exact) mass is 519 g/mol. The topological polar surface area (TPSA) is 83.7 Å². The molecule has 2 aliphatic rings. The summed E-state index contributed by atoms with van der Waals surface area (Å²) >= 11 is 0. The molecule has 3 aromatic rings. The quantitative estimate of drug-likeness (QED) is 0.529. The van der Waals surface area contributed by atoms with Crippen molar-refractivity contribution in [1.82, 2.24) is 0 Å². The molecule has 0 bridgehead atoms. The summed E-state index contributed by atoms with van der Waals surface area (Å²) in [5, 5.41) is 5.10. The van der Waals surface area contributed by atoms with Gasteiger partial charge in [-0.3, -0.25) is 4.79 Å². The summed E-state index contributed by atoms with van der Waals surface area (Å²) in [5.74, 6) is -4.35. The number of amides is 1. The first-order valence-corrected chi connectivity index (χ1v) is 12.7. The highest BCUT2D eigenvalue weighted by Gasteiger charge is 2.42. The number of carbonyl (C=O) groups is 1. The standard InChI is InChI=1S/C25H21F4N3O3S/c1-13-6-15-9-19(27)23(36(30,34)35)10-22(15)32(13)25(33)16-11-31(12-16)24-20(28)7-14(8-21(24)29)17-4-2-3-5-18(17)26/h2-5,7-10,13,16H,6,11-12H2,1H3,(H2,30,34,35)/t13-/m0/s1. The van der Waals surface area contributed by atoms with E-state index in [1.807, 2.05) is 0 Å². The Kier molecular flexibility index (Phi) is 5.79. The molecule has 1 amide bonds. The van der Waals surface area contributed by atoms with Gasteiger partial charge in [-0.15, -0.1) is 0 Å². The van der Waals surface area contributed by atoms with Gasteiger partial charge in [-0.1, -0.05) is 18.2 Å². The number of hydrogen-bond acceptors (Lipinski definition) is 4. The predicted molar refractivity (Wildman–Crippen MR) is 126 cm³/mol. The molecule has 188 valence electrons. The normalized spacial score (nSPS) is 17.8. The van der Waals surface area contributed by atoms with Crippen LogP contribution in [0.25, 0.3) is 11.1 Å². The lowest BCUT2D eigenvalue weighted by Gasteiger charge is -2.42. The molecule has 1 fully saturated rings. The van der Waals surface area contributed by atoms with Crippen molar-refractivity contribution >= 4 is 27.3 Å². The number of halogens is 4. The van der Waals surface area contributed by atoms with Crippen molar-refractivity contribution < 1.29 is 30.8 Å². The molecule has 2 aliphatic heterocycles. The van der Waals surface area contributed by atoms with E-state index < -0.39 is 44.1 Å². The fourth-order valence-corrected chi connectivity index (χ4v) is 5.51. The number of sulfonamides is 1. The zero-order valence-electron chi connectivity index (χ0n) is 19.0. The Morgan fingerprint density at radius 3 is 2.19 bits per heavy atom. The number of benzene rings is 3. The van der Waals surface area contributed by atoms with Crippen molar-refractivity contribution in [3.63, 3.8) is 0 Å². The lowest BCUT2D eigenvalue weighted by atomic mass is 9.95. The minimum Gasteiger partial charge on any atom is -0.365 e. The summed E-state index contributed by atoms with van der Waals surface area (Å²) in [5.41, 5.74) is 0.532. The Morgan fingerprint density at radius 2 is 1.58 bits per heavy atom. The number of nitrogens with two attached hydrogens (primary N) is 1. The van der Waals surface area contributed by atoms with Crippen LogP contribution in [-0.2, 0) is 21.2 Å². The highest BCUT2D eigenvalue weighted by atomic mass is 32.2. The first-order valence-electron chi connectivity index (χ1n) is 11.1. The highest BCUT2D eigenvalue weighted by molar-refractivity contribution is 7.89. The van der Waals surface area contributed by atoms with E-state index in [9.17, 15) is 30.8 Å². The van der Waals surface area contributed by atoms with Gasteiger partial charge in [-0.2, -0.15) is 0 Å². The van der Waals surface area contributed by atoms with Gasteiger partial charge in [0.05, 0.1) is 5.92 Å². The van der Waals surface area contributed by atoms with E-state index >= 15 is 0 Å². The van der Waals surface area contributed by atoms with Crippen LogP contribution in [0.5, 0.6) is 0 Å². The zero-order valence-corrected chi connectivity index (χ0v) is 19.8. The van der Waals surface area contributed by atoms with E-state index in [0.717, 1.165) is 24.3 Å². The minimum absolute atomic E-state index is 0.0213. The summed E-state index contributed by atoms with van der Waals surface area (Å²) in [7, 11) is -4.34. The second-order valence-corrected chi connectivity index (χ2v) is 10.6. The molecule has 0 spiro atoms. The van der Waals surface area contributed by atoms with Crippen LogP contribution in [0.15, 0.2) is 53.4 Å². The lowest BCUT2D eigenvalue weighted by Crippen LogP contribution is -2.56. The first-order chi connectivity index (χ1) is 17.0. The van der Waals surface area contributed by atoms with Crippen LogP contribution in [0.3, 0.4) is 0 Å². The third-order valence-corrected chi connectivity index (χ3v) is 7.57. The fraction of sp³-hybridized carbons (Fsp3) is 0.240. The largest absolute Gasteiger partial charge is 0.365 e. The van der Waals surface area contributed by atoms with Gasteiger partial charge < -0.3 is 9.80 Å². The van der Waals surface area contributed by atoms with Crippen molar-refractivity contribution in [2.24, 2.45) is 11.1 Å². The van der Waals surface area contributed by atoms with Crippen molar-refractivity contribution in [1.29, 1.82) is 0 Å². The molecule has 1 atom stereocenters. The van der Waals surface area contributed by atoms with Crippen LogP contribution in [0.1, 0.15) is 12.5 Å². The van der Waals surface area contributed by atoms with Gasteiger partial charge in [-0.25, -0.2) is 31.1 Å². The van der Waals surface area contributed by atoms with E-state index in [1.54, 1.807) is 13.0 Å². The summed E-state index contributed by atoms with van der Waals surface area (Å²) in [6, 6.07) is 9.50. The van der Waals surface area contributed by atoms with Crippen molar-refractivity contribution in [2.45, 2.75) is 24.3 Å². The van der Waals surface area contributed by atoms with Crippen LogP contribution in [-0.4, -0.2) is 33.5 Å². The maximum atomic E-state index is 14.9. The average molecular weight is 520 g/mol. The van der Waals surface area contributed by atoms with Crippen LogP contribution in [0.2, 0.25) is 0 Å². The van der Waals surface area contributed by atoms with Crippen LogP contribution >= 0.6 is 0 Å². The molecular formula is C25H21F4N3O3S. The third-order valence-electron chi connectivity index (χ3n) is 6.64. The molecule has 2 N–H and O–H groups in total. The minimum atomic E-state index is -4.34. The van der Waals surface area contributed by atoms with Gasteiger partial charge in [0.15, 0.2) is 0 Å². The molecule has 2 heterocycles. The number of hydrogen-bond donors (Lipinski definition) is 1. The molecule has 0 radical (unpaired) electrons. The molecular weight excluding hydrogens is 498 g/mol. The number of anilines is 2. The molecule has 5 rings (SSSR count). The molecule has 1 saturated heterocycles. The molecule has 0 aromatic heterocycles. The number of nitrogens with zero attached hydrogens (tertiary/aromatic N) is 2. The average Bonchev–Trinajstić information content (AvgIpc) is 3.07. The van der Waals surface area contributed by atoms with Gasteiger partial charge in [0.2, 0.25) is 15.9 Å². The smallest absolute Gasteiger partial charge is 0.241 e. The molecule has 11 heteroatoms. The predicted octanol–water partition coefficient (Wildman–Crippen LogP) is 3.97. The van der Waals surface area contributed by atoms with E-state index in [2.05, 4.69) is 0 Å². The van der Waals surface area contributed by atoms with Crippen molar-refractivity contribution in [3.8, 4) is 11.1 Å². The Hall–Kier alpha value is -3.44. The lowest BCUT2D eigenvalue weighted by molar-refractivity contribution is -0.123. The van der Waals surface area contributed by atoms with Gasteiger partial charge >= 0.3 is 0 Å². The van der Waals surface area contributed by atoms with E-state index in [-0.39, 0.29) is 47.5 Å². The summed E-state index contributed by atoms with van der Waals surface area (Å²) in [6.45, 7) is 1.78. The number of fused-ring (bicyclic) bond motifs is 1. The molecule has 6 nitrogen and oxygen atoms in total. The highest BCUT2D eigenvalue weighted by Crippen LogP contribution is 2.39. The molecule has 36 heavy (non-hydrogen) atoms. The Bertz CT molecular complexity index is 1480. The van der Waals surface area contributed by atoms with E-state index in [0.29, 0.717) is 12.0 Å². The summed E-state index contributed by atoms with van der Waals surface area (Å²) < 4.78 is 81.5. The second kappa shape index (κ2) is 8.59. The number of primary sulfonamides is 1. The van der Waals surface area contributed by atoms with Crippen LogP contribution < -0.4 is 14.9 Å². The van der Waals surface area contributed by atoms with Crippen LogP contribution in [0, 0.1) is 29.2 Å². The Balaban J connectivity index is 1.37. The molecule has 3 aromatic carbocycles. The Morgan fingerprint density at radius 1 is 0.944 bits per heavy atom. The maximum Gasteiger partial charge on any atom is 0.241 e. The SMILES string of the molecule is C[C@H]1Cc2cc(F)c(S(N)(=O)=O)cc2N1C(=O)C1CN(c2c(F)cc(-c3ccccc3F)cc2F)C1. The van der Waals surface area contributed by atoms with Gasteiger partial charge in [0.25, 0.3) is 0 Å². The van der Waals surface area contributed by atoms with Gasteiger partial charge in [-0.05, 0) is 54.8 Å². The van der Waals surface area contributed by atoms with E-state index in [4.69, 9.17) is 5.14 Å². The maximum absolute atomic E-state index is 14.9. The van der Waals surface area contributed by atoms with Crippen molar-refractivity contribution in [3.05, 3.63) is 77.4 Å². The molecule has 0 aliphatic carbocycles. The van der Waals surface area contributed by atoms with Gasteiger partial charge in [0.1, 0.15) is 33.9 Å². The first kappa shape index (κ1) is 24.3. The zero-order chi connectivity index (χ0) is 25.9. The number of rotatable bonds is 4. The number of carbonyl (C=O) groups excluding carboxylic acids is 1. The molecule has 0 saturated carbocycles. The summed E-state index contributed by atoms with van der Waals surface area (Å²) in [4.78, 5) is 15.3. The third kappa shape index (κ3) is 4.01.